The van der Waals surface area contributed by atoms with E-state index in [1.54, 1.807) is 39.8 Å². The fourth-order valence-corrected chi connectivity index (χ4v) is 3.05. The van der Waals surface area contributed by atoms with Gasteiger partial charge in [-0.05, 0) is 57.7 Å². The highest BCUT2D eigenvalue weighted by molar-refractivity contribution is 5.82. The van der Waals surface area contributed by atoms with E-state index in [1.807, 2.05) is 0 Å². The fraction of sp³-hybridized carbons (Fsp3) is 0.619. The molecule has 6 heteroatoms. The third-order valence-corrected chi connectivity index (χ3v) is 4.58. The topological polar surface area (TPSA) is 53.1 Å². The van der Waals surface area contributed by atoms with E-state index in [1.165, 1.54) is 29.8 Å². The van der Waals surface area contributed by atoms with Crippen LogP contribution in [0.1, 0.15) is 45.6 Å². The number of carbonyl (C=O) groups is 2. The van der Waals surface area contributed by atoms with E-state index in [0.29, 0.717) is 6.54 Å². The number of benzene rings is 1. The van der Waals surface area contributed by atoms with Crippen molar-refractivity contribution in [2.75, 3.05) is 38.6 Å². The SMILES string of the molecule is CN(Cc1ccc(N2CCCCC2)cc1)C(=O)CN(C)C(=O)OC(C)(C)C. The zero-order valence-corrected chi connectivity index (χ0v) is 17.3. The molecule has 27 heavy (non-hydrogen) atoms. The summed E-state index contributed by atoms with van der Waals surface area (Å²) in [5, 5.41) is 0. The number of nitrogens with zero attached hydrogens (tertiary/aromatic N) is 3. The molecule has 2 rings (SSSR count). The number of likely N-dealkylation sites (N-methyl/N-ethyl adjacent to an activating group) is 2. The summed E-state index contributed by atoms with van der Waals surface area (Å²) in [4.78, 5) is 29.8. The van der Waals surface area contributed by atoms with Gasteiger partial charge in [-0.3, -0.25) is 4.79 Å². The van der Waals surface area contributed by atoms with Gasteiger partial charge in [-0.25, -0.2) is 4.79 Å². The molecule has 0 spiro atoms. The van der Waals surface area contributed by atoms with Crippen LogP contribution in [0, 0.1) is 0 Å². The van der Waals surface area contributed by atoms with Gasteiger partial charge < -0.3 is 19.4 Å². The summed E-state index contributed by atoms with van der Waals surface area (Å²) in [7, 11) is 3.33. The minimum absolute atomic E-state index is 0.00270. The minimum Gasteiger partial charge on any atom is -0.444 e. The second-order valence-corrected chi connectivity index (χ2v) is 8.30. The van der Waals surface area contributed by atoms with Crippen LogP contribution >= 0.6 is 0 Å². The van der Waals surface area contributed by atoms with Crippen molar-refractivity contribution in [3.05, 3.63) is 29.8 Å². The molecule has 0 aromatic heterocycles. The van der Waals surface area contributed by atoms with Crippen LogP contribution in [-0.2, 0) is 16.1 Å². The van der Waals surface area contributed by atoms with Crippen molar-refractivity contribution in [3.63, 3.8) is 0 Å². The molecule has 0 atom stereocenters. The van der Waals surface area contributed by atoms with E-state index < -0.39 is 11.7 Å². The molecule has 0 aliphatic carbocycles. The molecular formula is C21H33N3O3. The van der Waals surface area contributed by atoms with Crippen molar-refractivity contribution in [2.24, 2.45) is 0 Å². The van der Waals surface area contributed by atoms with Gasteiger partial charge in [-0.15, -0.1) is 0 Å². The summed E-state index contributed by atoms with van der Waals surface area (Å²) < 4.78 is 5.28. The lowest BCUT2D eigenvalue weighted by atomic mass is 10.1. The van der Waals surface area contributed by atoms with E-state index in [0.717, 1.165) is 18.7 Å². The molecule has 0 bridgehead atoms. The highest BCUT2D eigenvalue weighted by atomic mass is 16.6. The first-order valence-electron chi connectivity index (χ1n) is 9.68. The van der Waals surface area contributed by atoms with Gasteiger partial charge in [-0.1, -0.05) is 12.1 Å². The Balaban J connectivity index is 1.85. The predicted molar refractivity (Wildman–Crippen MR) is 108 cm³/mol. The molecule has 1 aromatic carbocycles. The smallest absolute Gasteiger partial charge is 0.410 e. The van der Waals surface area contributed by atoms with Crippen LogP contribution in [0.15, 0.2) is 24.3 Å². The predicted octanol–water partition coefficient (Wildman–Crippen LogP) is 3.50. The average molecular weight is 376 g/mol. The van der Waals surface area contributed by atoms with Gasteiger partial charge in [0.2, 0.25) is 5.91 Å². The van der Waals surface area contributed by atoms with Gasteiger partial charge in [0.1, 0.15) is 12.1 Å². The summed E-state index contributed by atoms with van der Waals surface area (Å²) in [6.07, 6.45) is 3.34. The molecule has 1 saturated heterocycles. The maximum atomic E-state index is 12.4. The van der Waals surface area contributed by atoms with Crippen LogP contribution in [-0.4, -0.2) is 61.1 Å². The van der Waals surface area contributed by atoms with Crippen LogP contribution < -0.4 is 4.90 Å². The molecule has 0 saturated carbocycles. The lowest BCUT2D eigenvalue weighted by Crippen LogP contribution is -2.41. The molecule has 0 unspecified atom stereocenters. The number of piperidine rings is 1. The average Bonchev–Trinajstić information content (AvgIpc) is 2.61. The van der Waals surface area contributed by atoms with E-state index in [2.05, 4.69) is 29.2 Å². The summed E-state index contributed by atoms with van der Waals surface area (Å²) >= 11 is 0. The number of hydrogen-bond acceptors (Lipinski definition) is 4. The largest absolute Gasteiger partial charge is 0.444 e. The summed E-state index contributed by atoms with van der Waals surface area (Å²) in [5.74, 6) is -0.122. The van der Waals surface area contributed by atoms with E-state index >= 15 is 0 Å². The van der Waals surface area contributed by atoms with Gasteiger partial charge in [0, 0.05) is 39.4 Å². The zero-order chi connectivity index (χ0) is 20.0. The van der Waals surface area contributed by atoms with Gasteiger partial charge in [0.05, 0.1) is 0 Å². The molecular weight excluding hydrogens is 342 g/mol. The van der Waals surface area contributed by atoms with Gasteiger partial charge in [0.15, 0.2) is 0 Å². The van der Waals surface area contributed by atoms with Gasteiger partial charge in [0.25, 0.3) is 0 Å². The maximum absolute atomic E-state index is 12.4. The molecule has 6 nitrogen and oxygen atoms in total. The van der Waals surface area contributed by atoms with Gasteiger partial charge in [-0.2, -0.15) is 0 Å². The number of ether oxygens (including phenoxy) is 1. The second kappa shape index (κ2) is 9.11. The highest BCUT2D eigenvalue weighted by Crippen LogP contribution is 2.20. The number of anilines is 1. The fourth-order valence-electron chi connectivity index (χ4n) is 3.05. The second-order valence-electron chi connectivity index (χ2n) is 8.30. The van der Waals surface area contributed by atoms with Gasteiger partial charge >= 0.3 is 6.09 Å². The van der Waals surface area contributed by atoms with Crippen molar-refractivity contribution in [3.8, 4) is 0 Å². The first-order chi connectivity index (χ1) is 12.7. The summed E-state index contributed by atoms with van der Waals surface area (Å²) in [6.45, 7) is 8.17. The Kier molecular flexibility index (Phi) is 7.11. The Morgan fingerprint density at radius 1 is 1.00 bits per heavy atom. The van der Waals surface area contributed by atoms with Crippen molar-refractivity contribution >= 4 is 17.7 Å². The number of amides is 2. The first-order valence-corrected chi connectivity index (χ1v) is 9.68. The van der Waals surface area contributed by atoms with Crippen LogP contribution in [0.4, 0.5) is 10.5 Å². The van der Waals surface area contributed by atoms with Crippen molar-refractivity contribution in [2.45, 2.75) is 52.2 Å². The molecule has 1 aliphatic heterocycles. The number of rotatable bonds is 5. The van der Waals surface area contributed by atoms with E-state index in [9.17, 15) is 9.59 Å². The third-order valence-electron chi connectivity index (χ3n) is 4.58. The maximum Gasteiger partial charge on any atom is 0.410 e. The standard InChI is InChI=1S/C21H33N3O3/c1-21(2,3)27-20(26)23(5)16-19(25)22(4)15-17-9-11-18(12-10-17)24-13-7-6-8-14-24/h9-12H,6-8,13-16H2,1-5H3. The van der Waals surface area contributed by atoms with Crippen molar-refractivity contribution in [1.29, 1.82) is 0 Å². The van der Waals surface area contributed by atoms with Crippen molar-refractivity contribution in [1.82, 2.24) is 9.80 Å². The van der Waals surface area contributed by atoms with Crippen LogP contribution in [0.3, 0.4) is 0 Å². The molecule has 150 valence electrons. The molecule has 0 N–H and O–H groups in total. The van der Waals surface area contributed by atoms with E-state index in [-0.39, 0.29) is 12.5 Å². The summed E-state index contributed by atoms with van der Waals surface area (Å²) in [5.41, 5.74) is 1.75. The van der Waals surface area contributed by atoms with Crippen LogP contribution in [0.2, 0.25) is 0 Å². The Morgan fingerprint density at radius 2 is 1.59 bits per heavy atom. The molecule has 1 aliphatic rings. The first kappa shape index (κ1) is 21.1. The lowest BCUT2D eigenvalue weighted by molar-refractivity contribution is -0.131. The van der Waals surface area contributed by atoms with E-state index in [4.69, 9.17) is 4.74 Å². The molecule has 1 heterocycles. The van der Waals surface area contributed by atoms with Crippen LogP contribution in [0.5, 0.6) is 0 Å². The number of hydrogen-bond donors (Lipinski definition) is 0. The van der Waals surface area contributed by atoms with Crippen molar-refractivity contribution < 1.29 is 14.3 Å². The van der Waals surface area contributed by atoms with Crippen LogP contribution in [0.25, 0.3) is 0 Å². The lowest BCUT2D eigenvalue weighted by Gasteiger charge is -2.29. The molecule has 0 radical (unpaired) electrons. The Hall–Kier alpha value is -2.24. The normalized spacial score (nSPS) is 14.6. The molecule has 1 fully saturated rings. The third kappa shape index (κ3) is 6.77. The Labute approximate surface area is 163 Å². The molecule has 2 amide bonds. The quantitative estimate of drug-likeness (QED) is 0.790. The number of carbonyl (C=O) groups excluding carboxylic acids is 2. The minimum atomic E-state index is -0.573. The molecule has 1 aromatic rings. The highest BCUT2D eigenvalue weighted by Gasteiger charge is 2.22. The Bertz CT molecular complexity index is 631. The Morgan fingerprint density at radius 3 is 2.15 bits per heavy atom. The monoisotopic (exact) mass is 375 g/mol. The summed E-state index contributed by atoms with van der Waals surface area (Å²) in [6, 6.07) is 8.41. The zero-order valence-electron chi connectivity index (χ0n) is 17.3.